The second-order valence-corrected chi connectivity index (χ2v) is 8.82. The predicted octanol–water partition coefficient (Wildman–Crippen LogP) is 8.74. The second-order valence-electron chi connectivity index (χ2n) is 7.95. The Hall–Kier alpha value is -3.59. The van der Waals surface area contributed by atoms with Gasteiger partial charge in [-0.25, -0.2) is 4.79 Å². The van der Waals surface area contributed by atoms with Crippen molar-refractivity contribution in [1.82, 2.24) is 0 Å². The van der Waals surface area contributed by atoms with Crippen LogP contribution in [0.1, 0.15) is 0 Å². The topological polar surface area (TPSA) is 30.2 Å². The number of fused-ring (bicyclic) bond motifs is 4. The van der Waals surface area contributed by atoms with E-state index in [2.05, 4.69) is 12.1 Å². The SMILES string of the molecule is O=c1oc2c(-c3ccc(Cl)cc3)c3ccc(Cl)cc3c(-c3ccccc3)c2c2ccccc12. The van der Waals surface area contributed by atoms with Crippen LogP contribution < -0.4 is 5.63 Å². The molecule has 1 aromatic heterocycles. The van der Waals surface area contributed by atoms with E-state index < -0.39 is 0 Å². The third-order valence-corrected chi connectivity index (χ3v) is 6.52. The molecule has 0 saturated heterocycles. The smallest absolute Gasteiger partial charge is 0.344 e. The lowest BCUT2D eigenvalue weighted by Crippen LogP contribution is -2.02. The average molecular weight is 467 g/mol. The number of rotatable bonds is 2. The molecule has 5 aromatic carbocycles. The van der Waals surface area contributed by atoms with Gasteiger partial charge in [0.05, 0.1) is 5.39 Å². The highest BCUT2D eigenvalue weighted by Crippen LogP contribution is 2.46. The molecule has 2 nitrogen and oxygen atoms in total. The molecular formula is C29H16Cl2O2. The summed E-state index contributed by atoms with van der Waals surface area (Å²) in [5, 5.41) is 5.50. The Bertz CT molecular complexity index is 1730. The van der Waals surface area contributed by atoms with Gasteiger partial charge in [-0.1, -0.05) is 89.9 Å². The van der Waals surface area contributed by atoms with Crippen LogP contribution in [0.5, 0.6) is 0 Å². The maximum Gasteiger partial charge on any atom is 0.344 e. The van der Waals surface area contributed by atoms with Crippen LogP contribution in [0.25, 0.3) is 54.8 Å². The Morgan fingerprint density at radius 2 is 1.18 bits per heavy atom. The normalized spacial score (nSPS) is 11.5. The average Bonchev–Trinajstić information content (AvgIpc) is 2.84. The molecule has 0 aliphatic carbocycles. The van der Waals surface area contributed by atoms with Crippen molar-refractivity contribution in [2.75, 3.05) is 0 Å². The molecule has 33 heavy (non-hydrogen) atoms. The van der Waals surface area contributed by atoms with Crippen LogP contribution in [-0.2, 0) is 0 Å². The Morgan fingerprint density at radius 3 is 1.94 bits per heavy atom. The summed E-state index contributed by atoms with van der Waals surface area (Å²) < 4.78 is 6.07. The zero-order valence-corrected chi connectivity index (χ0v) is 18.8. The van der Waals surface area contributed by atoms with Crippen molar-refractivity contribution >= 4 is 55.7 Å². The zero-order chi connectivity index (χ0) is 22.5. The molecule has 0 spiro atoms. The van der Waals surface area contributed by atoms with Crippen LogP contribution in [0.15, 0.2) is 106 Å². The molecule has 0 saturated carbocycles. The summed E-state index contributed by atoms with van der Waals surface area (Å²) in [5.74, 6) is 0. The van der Waals surface area contributed by atoms with Gasteiger partial charge in [0.15, 0.2) is 0 Å². The van der Waals surface area contributed by atoms with E-state index in [1.54, 1.807) is 6.07 Å². The Morgan fingerprint density at radius 1 is 0.545 bits per heavy atom. The largest absolute Gasteiger partial charge is 0.422 e. The van der Waals surface area contributed by atoms with E-state index in [-0.39, 0.29) is 5.63 Å². The van der Waals surface area contributed by atoms with Crippen molar-refractivity contribution in [3.05, 3.63) is 118 Å². The minimum absolute atomic E-state index is 0.361. The molecule has 0 aliphatic heterocycles. The van der Waals surface area contributed by atoms with Gasteiger partial charge in [-0.2, -0.15) is 0 Å². The van der Waals surface area contributed by atoms with Crippen LogP contribution in [0.3, 0.4) is 0 Å². The van der Waals surface area contributed by atoms with Crippen molar-refractivity contribution in [3.63, 3.8) is 0 Å². The highest BCUT2D eigenvalue weighted by Gasteiger charge is 2.22. The highest BCUT2D eigenvalue weighted by atomic mass is 35.5. The molecule has 158 valence electrons. The van der Waals surface area contributed by atoms with Crippen molar-refractivity contribution in [3.8, 4) is 22.3 Å². The molecule has 0 radical (unpaired) electrons. The van der Waals surface area contributed by atoms with Crippen LogP contribution in [-0.4, -0.2) is 0 Å². The molecule has 0 fully saturated rings. The quantitative estimate of drug-likeness (QED) is 0.145. The Labute approximate surface area is 199 Å². The summed E-state index contributed by atoms with van der Waals surface area (Å²) in [4.78, 5) is 13.1. The molecule has 0 unspecified atom stereocenters. The van der Waals surface area contributed by atoms with Crippen molar-refractivity contribution < 1.29 is 4.42 Å². The molecule has 0 amide bonds. The Kier molecular flexibility index (Phi) is 4.72. The molecular weight excluding hydrogens is 451 g/mol. The van der Waals surface area contributed by atoms with Gasteiger partial charge in [0, 0.05) is 31.9 Å². The fourth-order valence-corrected chi connectivity index (χ4v) is 4.93. The van der Waals surface area contributed by atoms with E-state index in [0.29, 0.717) is 21.0 Å². The number of benzene rings is 5. The van der Waals surface area contributed by atoms with E-state index in [4.69, 9.17) is 27.6 Å². The van der Waals surface area contributed by atoms with E-state index >= 15 is 0 Å². The summed E-state index contributed by atoms with van der Waals surface area (Å²) >= 11 is 12.7. The predicted molar refractivity (Wildman–Crippen MR) is 138 cm³/mol. The highest BCUT2D eigenvalue weighted by molar-refractivity contribution is 6.33. The third-order valence-electron chi connectivity index (χ3n) is 6.03. The van der Waals surface area contributed by atoms with Gasteiger partial charge < -0.3 is 4.42 Å². The lowest BCUT2D eigenvalue weighted by atomic mass is 9.87. The fraction of sp³-hybridized carbons (Fsp3) is 0. The number of halogens is 2. The maximum absolute atomic E-state index is 13.1. The summed E-state index contributed by atoms with van der Waals surface area (Å²) in [5.41, 5.74) is 3.96. The Balaban J connectivity index is 1.96. The number of hydrogen-bond donors (Lipinski definition) is 0. The van der Waals surface area contributed by atoms with Crippen molar-refractivity contribution in [2.45, 2.75) is 0 Å². The minimum atomic E-state index is -0.361. The first kappa shape index (κ1) is 20.0. The zero-order valence-electron chi connectivity index (χ0n) is 17.3. The maximum atomic E-state index is 13.1. The van der Waals surface area contributed by atoms with Crippen LogP contribution >= 0.6 is 23.2 Å². The molecule has 6 rings (SSSR count). The van der Waals surface area contributed by atoms with Gasteiger partial charge in [0.2, 0.25) is 0 Å². The lowest BCUT2D eigenvalue weighted by Gasteiger charge is -2.18. The van der Waals surface area contributed by atoms with Gasteiger partial charge in [0.25, 0.3) is 0 Å². The molecule has 0 atom stereocenters. The van der Waals surface area contributed by atoms with Gasteiger partial charge in [-0.05, 0) is 52.2 Å². The first-order valence-corrected chi connectivity index (χ1v) is 11.3. The standard InChI is InChI=1S/C29H16Cl2O2/c30-19-12-10-18(11-13-19)26-22-15-14-20(31)16-24(22)25(17-6-2-1-3-7-17)27-21-8-4-5-9-23(21)29(32)33-28(26)27/h1-16H. The summed E-state index contributed by atoms with van der Waals surface area (Å²) in [7, 11) is 0. The van der Waals surface area contributed by atoms with Gasteiger partial charge >= 0.3 is 5.63 Å². The van der Waals surface area contributed by atoms with E-state index in [9.17, 15) is 4.79 Å². The van der Waals surface area contributed by atoms with Gasteiger partial charge in [-0.15, -0.1) is 0 Å². The van der Waals surface area contributed by atoms with Gasteiger partial charge in [-0.3, -0.25) is 0 Å². The molecule has 4 heteroatoms. The third kappa shape index (κ3) is 3.22. The van der Waals surface area contributed by atoms with Crippen LogP contribution in [0, 0.1) is 0 Å². The van der Waals surface area contributed by atoms with E-state index in [1.165, 1.54) is 0 Å². The first-order chi connectivity index (χ1) is 16.1. The molecule has 6 aromatic rings. The van der Waals surface area contributed by atoms with Crippen LogP contribution in [0.4, 0.5) is 0 Å². The minimum Gasteiger partial charge on any atom is -0.422 e. The fourth-order valence-electron chi connectivity index (χ4n) is 4.63. The molecule has 0 bridgehead atoms. The summed E-state index contributed by atoms with van der Waals surface area (Å²) in [6, 6.07) is 31.1. The second kappa shape index (κ2) is 7.77. The monoisotopic (exact) mass is 466 g/mol. The van der Waals surface area contributed by atoms with Crippen LogP contribution in [0.2, 0.25) is 10.0 Å². The summed E-state index contributed by atoms with van der Waals surface area (Å²) in [6.45, 7) is 0. The molecule has 1 heterocycles. The summed E-state index contributed by atoms with van der Waals surface area (Å²) in [6.07, 6.45) is 0. The first-order valence-electron chi connectivity index (χ1n) is 10.5. The van der Waals surface area contributed by atoms with Gasteiger partial charge in [0.1, 0.15) is 5.58 Å². The van der Waals surface area contributed by atoms with E-state index in [0.717, 1.165) is 43.8 Å². The lowest BCUT2D eigenvalue weighted by molar-refractivity contribution is 0.571. The van der Waals surface area contributed by atoms with Crippen molar-refractivity contribution in [1.29, 1.82) is 0 Å². The van der Waals surface area contributed by atoms with Crippen molar-refractivity contribution in [2.24, 2.45) is 0 Å². The molecule has 0 aliphatic rings. The van der Waals surface area contributed by atoms with E-state index in [1.807, 2.05) is 78.9 Å². The number of hydrogen-bond acceptors (Lipinski definition) is 2. The molecule has 0 N–H and O–H groups in total.